The Balaban J connectivity index is 2.00. The van der Waals surface area contributed by atoms with Gasteiger partial charge in [0.2, 0.25) is 0 Å². The third-order valence-electron chi connectivity index (χ3n) is 2.92. The van der Waals surface area contributed by atoms with Crippen LogP contribution in [-0.2, 0) is 0 Å². The van der Waals surface area contributed by atoms with Gasteiger partial charge in [-0.2, -0.15) is 11.8 Å². The van der Waals surface area contributed by atoms with Gasteiger partial charge in [0.15, 0.2) is 0 Å². The second-order valence-electron chi connectivity index (χ2n) is 4.06. The van der Waals surface area contributed by atoms with Crippen molar-refractivity contribution >= 4 is 11.8 Å². The van der Waals surface area contributed by atoms with E-state index >= 15 is 0 Å². The predicted molar refractivity (Wildman–Crippen MR) is 66.1 cm³/mol. The summed E-state index contributed by atoms with van der Waals surface area (Å²) in [5.41, 5.74) is 0. The summed E-state index contributed by atoms with van der Waals surface area (Å²) < 4.78 is 0. The van der Waals surface area contributed by atoms with Crippen molar-refractivity contribution in [1.82, 2.24) is 10.2 Å². The van der Waals surface area contributed by atoms with Crippen molar-refractivity contribution in [1.29, 1.82) is 0 Å². The topological polar surface area (TPSA) is 15.3 Å². The lowest BCUT2D eigenvalue weighted by molar-refractivity contribution is 0.329. The molecule has 14 heavy (non-hydrogen) atoms. The average molecular weight is 216 g/mol. The van der Waals surface area contributed by atoms with Gasteiger partial charge < -0.3 is 10.2 Å². The van der Waals surface area contributed by atoms with E-state index in [0.29, 0.717) is 6.04 Å². The van der Waals surface area contributed by atoms with Crippen molar-refractivity contribution in [3.8, 4) is 0 Å². The molecule has 1 unspecified atom stereocenters. The van der Waals surface area contributed by atoms with Gasteiger partial charge in [0.05, 0.1) is 0 Å². The number of nitrogens with zero attached hydrogens (tertiary/aromatic N) is 1. The highest BCUT2D eigenvalue weighted by Crippen LogP contribution is 2.06. The fourth-order valence-electron chi connectivity index (χ4n) is 1.96. The van der Waals surface area contributed by atoms with E-state index in [-0.39, 0.29) is 0 Å². The van der Waals surface area contributed by atoms with Crippen LogP contribution in [0.3, 0.4) is 0 Å². The normalized spacial score (nSPS) is 20.1. The summed E-state index contributed by atoms with van der Waals surface area (Å²) in [6, 6.07) is 0.715. The van der Waals surface area contributed by atoms with Gasteiger partial charge >= 0.3 is 0 Å². The van der Waals surface area contributed by atoms with Gasteiger partial charge in [-0.15, -0.1) is 0 Å². The van der Waals surface area contributed by atoms with Crippen LogP contribution < -0.4 is 5.32 Å². The van der Waals surface area contributed by atoms with Crippen LogP contribution in [0.5, 0.6) is 0 Å². The summed E-state index contributed by atoms with van der Waals surface area (Å²) in [5.74, 6) is 1.25. The molecule has 1 aliphatic rings. The molecule has 1 atom stereocenters. The Morgan fingerprint density at radius 3 is 2.64 bits per heavy atom. The maximum Gasteiger partial charge on any atom is 0.0156 e. The van der Waals surface area contributed by atoms with Gasteiger partial charge in [-0.05, 0) is 38.6 Å². The summed E-state index contributed by atoms with van der Waals surface area (Å²) in [6.07, 6.45) is 6.25. The molecule has 2 nitrogen and oxygen atoms in total. The second kappa shape index (κ2) is 7.55. The highest BCUT2D eigenvalue weighted by molar-refractivity contribution is 7.98. The molecule has 1 N–H and O–H groups in total. The molecule has 0 aromatic rings. The molecule has 1 fully saturated rings. The van der Waals surface area contributed by atoms with Crippen LogP contribution >= 0.6 is 11.8 Å². The molecule has 0 aromatic carbocycles. The SMILES string of the molecule is CCC(CSC)NCCN1CCCC1. The van der Waals surface area contributed by atoms with Gasteiger partial charge in [-0.25, -0.2) is 0 Å². The predicted octanol–water partition coefficient (Wildman–Crippen LogP) is 1.81. The van der Waals surface area contributed by atoms with Crippen LogP contribution in [0.25, 0.3) is 0 Å². The molecule has 0 bridgehead atoms. The monoisotopic (exact) mass is 216 g/mol. The van der Waals surface area contributed by atoms with Crippen molar-refractivity contribution in [3.05, 3.63) is 0 Å². The number of hydrogen-bond donors (Lipinski definition) is 1. The third-order valence-corrected chi connectivity index (χ3v) is 3.66. The Morgan fingerprint density at radius 1 is 1.36 bits per heavy atom. The first kappa shape index (κ1) is 12.3. The number of likely N-dealkylation sites (tertiary alicyclic amines) is 1. The molecular weight excluding hydrogens is 192 g/mol. The lowest BCUT2D eigenvalue weighted by Crippen LogP contribution is -2.37. The lowest BCUT2D eigenvalue weighted by atomic mass is 10.2. The zero-order chi connectivity index (χ0) is 10.2. The van der Waals surface area contributed by atoms with Crippen LogP contribution in [0, 0.1) is 0 Å². The molecular formula is C11H24N2S. The molecule has 0 saturated carbocycles. The van der Waals surface area contributed by atoms with Crippen LogP contribution in [0.15, 0.2) is 0 Å². The van der Waals surface area contributed by atoms with E-state index in [1.165, 1.54) is 51.2 Å². The van der Waals surface area contributed by atoms with E-state index in [2.05, 4.69) is 23.4 Å². The Bertz CT molecular complexity index is 135. The zero-order valence-corrected chi connectivity index (χ0v) is 10.4. The fraction of sp³-hybridized carbons (Fsp3) is 1.00. The van der Waals surface area contributed by atoms with Gasteiger partial charge in [0.25, 0.3) is 0 Å². The molecule has 0 spiro atoms. The average Bonchev–Trinajstić information content (AvgIpc) is 2.69. The summed E-state index contributed by atoms with van der Waals surface area (Å²) in [6.45, 7) is 7.32. The van der Waals surface area contributed by atoms with Crippen LogP contribution in [0.4, 0.5) is 0 Å². The van der Waals surface area contributed by atoms with Gasteiger partial charge in [-0.3, -0.25) is 0 Å². The van der Waals surface area contributed by atoms with Crippen molar-refractivity contribution < 1.29 is 0 Å². The zero-order valence-electron chi connectivity index (χ0n) is 9.59. The van der Waals surface area contributed by atoms with E-state index < -0.39 is 0 Å². The largest absolute Gasteiger partial charge is 0.312 e. The van der Waals surface area contributed by atoms with E-state index in [1.54, 1.807) is 0 Å². The molecule has 0 aliphatic carbocycles. The maximum atomic E-state index is 3.63. The Labute approximate surface area is 92.8 Å². The van der Waals surface area contributed by atoms with Crippen LogP contribution in [0.1, 0.15) is 26.2 Å². The number of hydrogen-bond acceptors (Lipinski definition) is 3. The second-order valence-corrected chi connectivity index (χ2v) is 4.97. The van der Waals surface area contributed by atoms with Crippen molar-refractivity contribution in [3.63, 3.8) is 0 Å². The summed E-state index contributed by atoms with van der Waals surface area (Å²) >= 11 is 1.94. The Morgan fingerprint density at radius 2 is 2.07 bits per heavy atom. The quantitative estimate of drug-likeness (QED) is 0.699. The Kier molecular flexibility index (Phi) is 6.65. The Hall–Kier alpha value is 0.270. The first-order valence-electron chi connectivity index (χ1n) is 5.81. The molecule has 3 heteroatoms. The number of rotatable bonds is 7. The van der Waals surface area contributed by atoms with Gasteiger partial charge in [0, 0.05) is 24.9 Å². The van der Waals surface area contributed by atoms with Gasteiger partial charge in [0.1, 0.15) is 0 Å². The highest BCUT2D eigenvalue weighted by atomic mass is 32.2. The van der Waals surface area contributed by atoms with Crippen molar-refractivity contribution in [2.45, 2.75) is 32.2 Å². The van der Waals surface area contributed by atoms with Crippen LogP contribution in [0.2, 0.25) is 0 Å². The van der Waals surface area contributed by atoms with Crippen molar-refractivity contribution in [2.75, 3.05) is 38.2 Å². The molecule has 1 heterocycles. The van der Waals surface area contributed by atoms with Crippen molar-refractivity contribution in [2.24, 2.45) is 0 Å². The summed E-state index contributed by atoms with van der Waals surface area (Å²) in [5, 5.41) is 3.63. The number of nitrogens with one attached hydrogen (secondary N) is 1. The molecule has 1 rings (SSSR count). The minimum atomic E-state index is 0.715. The maximum absolute atomic E-state index is 3.63. The van der Waals surface area contributed by atoms with E-state index in [1.807, 2.05) is 11.8 Å². The molecule has 0 radical (unpaired) electrons. The minimum Gasteiger partial charge on any atom is -0.312 e. The van der Waals surface area contributed by atoms with E-state index in [4.69, 9.17) is 0 Å². The van der Waals surface area contributed by atoms with E-state index in [0.717, 1.165) is 0 Å². The number of thioether (sulfide) groups is 1. The smallest absolute Gasteiger partial charge is 0.0156 e. The first-order chi connectivity index (χ1) is 6.86. The first-order valence-corrected chi connectivity index (χ1v) is 7.21. The molecule has 0 aromatic heterocycles. The molecule has 84 valence electrons. The lowest BCUT2D eigenvalue weighted by Gasteiger charge is -2.19. The van der Waals surface area contributed by atoms with Gasteiger partial charge in [-0.1, -0.05) is 6.92 Å². The molecule has 0 amide bonds. The minimum absolute atomic E-state index is 0.715. The molecule has 1 saturated heterocycles. The summed E-state index contributed by atoms with van der Waals surface area (Å²) in [7, 11) is 0. The molecule has 1 aliphatic heterocycles. The fourth-order valence-corrected chi connectivity index (χ4v) is 2.71. The highest BCUT2D eigenvalue weighted by Gasteiger charge is 2.11. The van der Waals surface area contributed by atoms with Crippen LogP contribution in [-0.4, -0.2) is 49.1 Å². The standard InChI is InChI=1S/C11H24N2S/c1-3-11(10-14-2)12-6-9-13-7-4-5-8-13/h11-12H,3-10H2,1-2H3. The van der Waals surface area contributed by atoms with E-state index in [9.17, 15) is 0 Å². The summed E-state index contributed by atoms with van der Waals surface area (Å²) in [4.78, 5) is 2.57. The third kappa shape index (κ3) is 4.67.